The molecular formula is C23H23ClFN3O. The van der Waals surface area contributed by atoms with Crippen LogP contribution in [0.5, 0.6) is 0 Å². The Morgan fingerprint density at radius 1 is 1.24 bits per heavy atom. The molecule has 2 saturated carbocycles. The lowest BCUT2D eigenvalue weighted by atomic mass is 9.99. The zero-order valence-corrected chi connectivity index (χ0v) is 16.9. The van der Waals surface area contributed by atoms with Crippen LogP contribution in [-0.2, 0) is 0 Å². The molecule has 2 fully saturated rings. The number of hydrogen-bond acceptors (Lipinski definition) is 2. The Hall–Kier alpha value is -2.40. The van der Waals surface area contributed by atoms with E-state index < -0.39 is 0 Å². The predicted molar refractivity (Wildman–Crippen MR) is 111 cm³/mol. The van der Waals surface area contributed by atoms with Crippen LogP contribution in [0.1, 0.15) is 42.6 Å². The van der Waals surface area contributed by atoms with Gasteiger partial charge in [-0.25, -0.2) is 4.39 Å². The van der Waals surface area contributed by atoms with Crippen LogP contribution < -0.4 is 5.32 Å². The maximum atomic E-state index is 13.7. The number of nitrogens with zero attached hydrogens (tertiary/aromatic N) is 2. The molecule has 29 heavy (non-hydrogen) atoms. The number of benzene rings is 2. The molecule has 5 rings (SSSR count). The molecule has 2 aromatic carbocycles. The zero-order valence-electron chi connectivity index (χ0n) is 16.2. The fourth-order valence-electron chi connectivity index (χ4n) is 5.28. The smallest absolute Gasteiger partial charge is 0.251 e. The highest BCUT2D eigenvalue weighted by Crippen LogP contribution is 2.62. The van der Waals surface area contributed by atoms with Crippen molar-refractivity contribution in [3.05, 3.63) is 65.1 Å². The van der Waals surface area contributed by atoms with Gasteiger partial charge in [-0.15, -0.1) is 0 Å². The summed E-state index contributed by atoms with van der Waals surface area (Å²) in [6, 6.07) is 12.3. The fraction of sp³-hybridized carbons (Fsp3) is 0.391. The third-order valence-electron chi connectivity index (χ3n) is 6.72. The van der Waals surface area contributed by atoms with Crippen LogP contribution in [0.15, 0.2) is 48.7 Å². The quantitative estimate of drug-likeness (QED) is 0.624. The van der Waals surface area contributed by atoms with E-state index in [0.717, 1.165) is 30.2 Å². The molecule has 3 unspecified atom stereocenters. The van der Waals surface area contributed by atoms with Crippen molar-refractivity contribution in [3.8, 4) is 0 Å². The summed E-state index contributed by atoms with van der Waals surface area (Å²) >= 11 is 5.92. The molecule has 0 saturated heterocycles. The maximum Gasteiger partial charge on any atom is 0.251 e. The van der Waals surface area contributed by atoms with Gasteiger partial charge >= 0.3 is 0 Å². The molecule has 0 aliphatic heterocycles. The SMILES string of the molecule is CCC(NC(=O)c1ccc(Cl)cc1)C1C2CC(n3ncc4ccc(F)cc43)CC21. The molecule has 1 N–H and O–H groups in total. The van der Waals surface area contributed by atoms with E-state index in [4.69, 9.17) is 11.6 Å². The van der Waals surface area contributed by atoms with E-state index >= 15 is 0 Å². The van der Waals surface area contributed by atoms with Gasteiger partial charge in [0.1, 0.15) is 5.82 Å². The van der Waals surface area contributed by atoms with Gasteiger partial charge in [-0.05, 0) is 79.5 Å². The van der Waals surface area contributed by atoms with Gasteiger partial charge in [0, 0.05) is 22.0 Å². The highest BCUT2D eigenvalue weighted by Gasteiger charge is 2.59. The van der Waals surface area contributed by atoms with Crippen LogP contribution in [-0.4, -0.2) is 21.7 Å². The van der Waals surface area contributed by atoms with E-state index in [0.29, 0.717) is 34.4 Å². The number of carbonyl (C=O) groups excluding carboxylic acids is 1. The minimum absolute atomic E-state index is 0.0383. The third kappa shape index (κ3) is 3.31. The topological polar surface area (TPSA) is 46.9 Å². The molecule has 0 bridgehead atoms. The minimum Gasteiger partial charge on any atom is -0.349 e. The number of rotatable bonds is 5. The molecule has 150 valence electrons. The zero-order chi connectivity index (χ0) is 20.1. The molecular weight excluding hydrogens is 389 g/mol. The highest BCUT2D eigenvalue weighted by molar-refractivity contribution is 6.30. The Kier molecular flexibility index (Phi) is 4.58. The molecule has 6 heteroatoms. The number of fused-ring (bicyclic) bond motifs is 2. The lowest BCUT2D eigenvalue weighted by Gasteiger charge is -2.22. The number of carbonyl (C=O) groups is 1. The molecule has 3 atom stereocenters. The fourth-order valence-corrected chi connectivity index (χ4v) is 5.41. The van der Waals surface area contributed by atoms with Gasteiger partial charge in [0.2, 0.25) is 0 Å². The molecule has 4 nitrogen and oxygen atoms in total. The summed E-state index contributed by atoms with van der Waals surface area (Å²) in [7, 11) is 0. The normalized spacial score (nSPS) is 26.3. The van der Waals surface area contributed by atoms with Crippen molar-refractivity contribution in [2.24, 2.45) is 17.8 Å². The molecule has 3 aromatic rings. The Morgan fingerprint density at radius 3 is 2.66 bits per heavy atom. The van der Waals surface area contributed by atoms with Gasteiger partial charge in [0.05, 0.1) is 17.8 Å². The molecule has 2 aliphatic carbocycles. The number of hydrogen-bond donors (Lipinski definition) is 1. The lowest BCUT2D eigenvalue weighted by molar-refractivity contribution is 0.0927. The van der Waals surface area contributed by atoms with E-state index in [1.807, 2.05) is 10.9 Å². The molecule has 2 aliphatic rings. The van der Waals surface area contributed by atoms with Crippen molar-refractivity contribution in [1.29, 1.82) is 0 Å². The van der Waals surface area contributed by atoms with E-state index in [1.165, 1.54) is 6.07 Å². The maximum absolute atomic E-state index is 13.7. The molecule has 0 spiro atoms. The molecule has 1 amide bonds. The van der Waals surface area contributed by atoms with Gasteiger partial charge < -0.3 is 5.32 Å². The van der Waals surface area contributed by atoms with E-state index in [-0.39, 0.29) is 17.8 Å². The van der Waals surface area contributed by atoms with Crippen molar-refractivity contribution >= 4 is 28.4 Å². The van der Waals surface area contributed by atoms with Crippen molar-refractivity contribution in [1.82, 2.24) is 15.1 Å². The van der Waals surface area contributed by atoms with E-state index in [2.05, 4.69) is 17.3 Å². The first-order valence-electron chi connectivity index (χ1n) is 10.2. The minimum atomic E-state index is -0.226. The van der Waals surface area contributed by atoms with Crippen LogP contribution in [0.25, 0.3) is 10.9 Å². The summed E-state index contributed by atoms with van der Waals surface area (Å²) in [5.74, 6) is 1.46. The Balaban J connectivity index is 1.25. The summed E-state index contributed by atoms with van der Waals surface area (Å²) < 4.78 is 15.7. The van der Waals surface area contributed by atoms with E-state index in [1.54, 1.807) is 36.4 Å². The Labute approximate surface area is 174 Å². The number of nitrogens with one attached hydrogen (secondary N) is 1. The summed E-state index contributed by atoms with van der Waals surface area (Å²) in [6.07, 6.45) is 4.81. The van der Waals surface area contributed by atoms with E-state index in [9.17, 15) is 9.18 Å². The number of aromatic nitrogens is 2. The first-order valence-corrected chi connectivity index (χ1v) is 10.6. The summed E-state index contributed by atoms with van der Waals surface area (Å²) in [4.78, 5) is 12.6. The molecule has 1 aromatic heterocycles. The van der Waals surface area contributed by atoms with Crippen LogP contribution in [0.4, 0.5) is 4.39 Å². The van der Waals surface area contributed by atoms with Crippen molar-refractivity contribution < 1.29 is 9.18 Å². The first kappa shape index (κ1) is 18.6. The summed E-state index contributed by atoms with van der Waals surface area (Å²) in [5, 5.41) is 9.36. The van der Waals surface area contributed by atoms with Crippen LogP contribution in [0.3, 0.4) is 0 Å². The highest BCUT2D eigenvalue weighted by atomic mass is 35.5. The molecule has 0 radical (unpaired) electrons. The average molecular weight is 412 g/mol. The largest absolute Gasteiger partial charge is 0.349 e. The van der Waals surface area contributed by atoms with Gasteiger partial charge in [-0.2, -0.15) is 5.10 Å². The number of amides is 1. The predicted octanol–water partition coefficient (Wildman–Crippen LogP) is 5.23. The van der Waals surface area contributed by atoms with Crippen molar-refractivity contribution in [3.63, 3.8) is 0 Å². The van der Waals surface area contributed by atoms with Gasteiger partial charge in [0.25, 0.3) is 5.91 Å². The van der Waals surface area contributed by atoms with Gasteiger partial charge in [-0.3, -0.25) is 9.48 Å². The average Bonchev–Trinajstić information content (AvgIpc) is 3.06. The second-order valence-electron chi connectivity index (χ2n) is 8.32. The van der Waals surface area contributed by atoms with Gasteiger partial charge in [-0.1, -0.05) is 18.5 Å². The Bertz CT molecular complexity index is 1050. The second kappa shape index (κ2) is 7.13. The van der Waals surface area contributed by atoms with Crippen LogP contribution in [0.2, 0.25) is 5.02 Å². The summed E-state index contributed by atoms with van der Waals surface area (Å²) in [5.41, 5.74) is 1.51. The lowest BCUT2D eigenvalue weighted by Crippen LogP contribution is -2.37. The van der Waals surface area contributed by atoms with Crippen molar-refractivity contribution in [2.75, 3.05) is 0 Å². The third-order valence-corrected chi connectivity index (χ3v) is 6.97. The van der Waals surface area contributed by atoms with Gasteiger partial charge in [0.15, 0.2) is 0 Å². The second-order valence-corrected chi connectivity index (χ2v) is 8.75. The van der Waals surface area contributed by atoms with Crippen molar-refractivity contribution in [2.45, 2.75) is 38.3 Å². The first-order chi connectivity index (χ1) is 14.0. The standard InChI is InChI=1S/C23H23ClFN3O/c1-2-20(27-23(29)13-3-6-15(24)7-4-13)22-18-10-17(11-19(18)22)28-21-9-16(25)8-5-14(21)12-26-28/h3-9,12,17-20,22H,2,10-11H2,1H3,(H,27,29). The van der Waals surface area contributed by atoms with Crippen LogP contribution in [0, 0.1) is 23.6 Å². The Morgan fingerprint density at radius 2 is 1.97 bits per heavy atom. The summed E-state index contributed by atoms with van der Waals surface area (Å²) in [6.45, 7) is 2.13. The number of halogens is 2. The monoisotopic (exact) mass is 411 g/mol. The van der Waals surface area contributed by atoms with Crippen LogP contribution >= 0.6 is 11.6 Å². The molecule has 1 heterocycles.